The molecule has 2 fully saturated rings. The quantitative estimate of drug-likeness (QED) is 0.834. The van der Waals surface area contributed by atoms with E-state index in [4.69, 9.17) is 4.74 Å². The van der Waals surface area contributed by atoms with Crippen LogP contribution in [0, 0.1) is 5.92 Å². The molecule has 1 aromatic rings. The molecule has 0 radical (unpaired) electrons. The van der Waals surface area contributed by atoms with Crippen LogP contribution in [0.25, 0.3) is 0 Å². The highest BCUT2D eigenvalue weighted by Crippen LogP contribution is 2.28. The Morgan fingerprint density at radius 1 is 1.24 bits per heavy atom. The van der Waals surface area contributed by atoms with Crippen molar-refractivity contribution in [1.82, 2.24) is 15.3 Å². The van der Waals surface area contributed by atoms with E-state index in [0.717, 1.165) is 31.2 Å². The zero-order valence-corrected chi connectivity index (χ0v) is 12.9. The first-order valence-electron chi connectivity index (χ1n) is 8.28. The fraction of sp³-hybridized carbons (Fsp3) is 0.750. The largest absolute Gasteiger partial charge is 0.478 e. The van der Waals surface area contributed by atoms with Gasteiger partial charge >= 0.3 is 0 Å². The zero-order chi connectivity index (χ0) is 14.5. The van der Waals surface area contributed by atoms with Gasteiger partial charge in [-0.3, -0.25) is 0 Å². The molecule has 0 atom stereocenters. The van der Waals surface area contributed by atoms with Gasteiger partial charge in [0.25, 0.3) is 0 Å². The van der Waals surface area contributed by atoms with Gasteiger partial charge in [0, 0.05) is 25.2 Å². The lowest BCUT2D eigenvalue weighted by molar-refractivity contribution is 0.304. The molecule has 1 aromatic heterocycles. The molecule has 5 nitrogen and oxygen atoms in total. The number of ether oxygens (including phenoxy) is 1. The highest BCUT2D eigenvalue weighted by molar-refractivity contribution is 5.41. The topological polar surface area (TPSA) is 50.3 Å². The van der Waals surface area contributed by atoms with E-state index in [1.807, 2.05) is 6.07 Å². The molecule has 2 aliphatic rings. The Labute approximate surface area is 127 Å². The lowest BCUT2D eigenvalue weighted by Crippen LogP contribution is -2.43. The van der Waals surface area contributed by atoms with Crippen LogP contribution in [0.3, 0.4) is 0 Å². The van der Waals surface area contributed by atoms with Crippen molar-refractivity contribution in [3.8, 4) is 5.88 Å². The molecule has 5 heteroatoms. The van der Waals surface area contributed by atoms with Crippen LogP contribution >= 0.6 is 0 Å². The second-order valence-corrected chi connectivity index (χ2v) is 6.18. The molecule has 0 unspecified atom stereocenters. The van der Waals surface area contributed by atoms with Crippen LogP contribution in [0.15, 0.2) is 12.4 Å². The van der Waals surface area contributed by atoms with Crippen LogP contribution in [-0.2, 0) is 0 Å². The van der Waals surface area contributed by atoms with Crippen molar-refractivity contribution < 1.29 is 4.74 Å². The lowest BCUT2D eigenvalue weighted by atomic mass is 10.0. The van der Waals surface area contributed by atoms with Gasteiger partial charge in [0.15, 0.2) is 0 Å². The van der Waals surface area contributed by atoms with E-state index >= 15 is 0 Å². The molecule has 116 valence electrons. The lowest BCUT2D eigenvalue weighted by Gasteiger charge is -2.33. The highest BCUT2D eigenvalue weighted by Gasteiger charge is 2.24. The van der Waals surface area contributed by atoms with Crippen molar-refractivity contribution in [3.63, 3.8) is 0 Å². The third kappa shape index (κ3) is 4.30. The van der Waals surface area contributed by atoms with Gasteiger partial charge in [0.2, 0.25) is 5.88 Å². The summed E-state index contributed by atoms with van der Waals surface area (Å²) in [5.41, 5.74) is 0. The minimum absolute atomic E-state index is 0.680. The maximum absolute atomic E-state index is 5.59. The summed E-state index contributed by atoms with van der Waals surface area (Å²) in [4.78, 5) is 10.9. The normalized spacial score (nSPS) is 19.8. The summed E-state index contributed by atoms with van der Waals surface area (Å²) >= 11 is 0. The number of rotatable bonds is 7. The number of piperidine rings is 1. The van der Waals surface area contributed by atoms with E-state index in [0.29, 0.717) is 18.5 Å². The van der Waals surface area contributed by atoms with Gasteiger partial charge in [-0.25, -0.2) is 9.97 Å². The number of nitrogens with one attached hydrogen (secondary N) is 1. The molecule has 0 aromatic carbocycles. The minimum Gasteiger partial charge on any atom is -0.478 e. The molecule has 0 spiro atoms. The van der Waals surface area contributed by atoms with Crippen LogP contribution in [0.4, 0.5) is 5.82 Å². The van der Waals surface area contributed by atoms with Crippen LogP contribution in [-0.4, -0.2) is 42.3 Å². The van der Waals surface area contributed by atoms with Gasteiger partial charge in [-0.2, -0.15) is 0 Å². The first kappa shape index (κ1) is 14.6. The first-order chi connectivity index (χ1) is 10.3. The molecule has 21 heavy (non-hydrogen) atoms. The van der Waals surface area contributed by atoms with Crippen molar-refractivity contribution in [2.24, 2.45) is 5.92 Å². The Balaban J connectivity index is 1.48. The Morgan fingerprint density at radius 2 is 2.05 bits per heavy atom. The Kier molecular flexibility index (Phi) is 4.91. The predicted molar refractivity (Wildman–Crippen MR) is 83.8 cm³/mol. The average Bonchev–Trinajstić information content (AvgIpc) is 3.36. The van der Waals surface area contributed by atoms with Crippen molar-refractivity contribution in [2.75, 3.05) is 31.1 Å². The summed E-state index contributed by atoms with van der Waals surface area (Å²) in [7, 11) is 0. The summed E-state index contributed by atoms with van der Waals surface area (Å²) in [5.74, 6) is 2.65. The van der Waals surface area contributed by atoms with Crippen molar-refractivity contribution in [3.05, 3.63) is 12.4 Å². The summed E-state index contributed by atoms with van der Waals surface area (Å²) in [5, 5.41) is 3.71. The van der Waals surface area contributed by atoms with Gasteiger partial charge < -0.3 is 15.0 Å². The second-order valence-electron chi connectivity index (χ2n) is 6.18. The van der Waals surface area contributed by atoms with Crippen LogP contribution in [0.1, 0.15) is 39.0 Å². The second kappa shape index (κ2) is 7.07. The van der Waals surface area contributed by atoms with E-state index < -0.39 is 0 Å². The monoisotopic (exact) mass is 290 g/mol. The van der Waals surface area contributed by atoms with Gasteiger partial charge in [-0.15, -0.1) is 0 Å². The van der Waals surface area contributed by atoms with Crippen molar-refractivity contribution in [2.45, 2.75) is 45.1 Å². The summed E-state index contributed by atoms with van der Waals surface area (Å²) in [6.07, 6.45) is 7.85. The molecule has 1 aliphatic carbocycles. The van der Waals surface area contributed by atoms with Gasteiger partial charge in [-0.05, 0) is 44.6 Å². The molecule has 0 bridgehead atoms. The summed E-state index contributed by atoms with van der Waals surface area (Å²) < 4.78 is 5.59. The number of nitrogens with zero attached hydrogens (tertiary/aromatic N) is 3. The van der Waals surface area contributed by atoms with E-state index in [2.05, 4.69) is 27.1 Å². The number of hydrogen-bond donors (Lipinski definition) is 1. The van der Waals surface area contributed by atoms with Gasteiger partial charge in [0.1, 0.15) is 12.1 Å². The molecule has 2 heterocycles. The Bertz CT molecular complexity index is 442. The van der Waals surface area contributed by atoms with Crippen LogP contribution in [0.5, 0.6) is 5.88 Å². The highest BCUT2D eigenvalue weighted by atomic mass is 16.5. The zero-order valence-electron chi connectivity index (χ0n) is 12.9. The van der Waals surface area contributed by atoms with Gasteiger partial charge in [0.05, 0.1) is 6.61 Å². The van der Waals surface area contributed by atoms with E-state index in [1.165, 1.54) is 32.2 Å². The number of anilines is 1. The Hall–Kier alpha value is -1.36. The summed E-state index contributed by atoms with van der Waals surface area (Å²) in [6, 6.07) is 2.65. The molecular weight excluding hydrogens is 264 g/mol. The first-order valence-corrected chi connectivity index (χ1v) is 8.28. The third-order valence-electron chi connectivity index (χ3n) is 4.29. The van der Waals surface area contributed by atoms with Crippen molar-refractivity contribution >= 4 is 5.82 Å². The van der Waals surface area contributed by atoms with Crippen molar-refractivity contribution in [1.29, 1.82) is 0 Å². The fourth-order valence-corrected chi connectivity index (χ4v) is 2.76. The van der Waals surface area contributed by atoms with E-state index in [9.17, 15) is 0 Å². The molecule has 1 aliphatic heterocycles. The maximum Gasteiger partial charge on any atom is 0.218 e. The maximum atomic E-state index is 5.59. The molecule has 0 amide bonds. The summed E-state index contributed by atoms with van der Waals surface area (Å²) in [6.45, 7) is 6.15. The molecule has 1 saturated heterocycles. The van der Waals surface area contributed by atoms with Crippen LogP contribution < -0.4 is 15.0 Å². The minimum atomic E-state index is 0.680. The molecule has 1 N–H and O–H groups in total. The average molecular weight is 290 g/mol. The smallest absolute Gasteiger partial charge is 0.218 e. The van der Waals surface area contributed by atoms with E-state index in [1.54, 1.807) is 6.33 Å². The molecule has 3 rings (SSSR count). The third-order valence-corrected chi connectivity index (χ3v) is 4.29. The van der Waals surface area contributed by atoms with Gasteiger partial charge in [-0.1, -0.05) is 6.92 Å². The van der Waals surface area contributed by atoms with Crippen LogP contribution in [0.2, 0.25) is 0 Å². The fourth-order valence-electron chi connectivity index (χ4n) is 2.76. The van der Waals surface area contributed by atoms with E-state index in [-0.39, 0.29) is 0 Å². The predicted octanol–water partition coefficient (Wildman–Crippen LogP) is 2.23. The molecular formula is C16H26N4O. The SMILES string of the molecule is CCCOc1cc(N2CCC(NCC3CC3)CC2)ncn1. The standard InChI is InChI=1S/C16H26N4O/c1-2-9-21-16-10-15(18-12-19-16)20-7-5-14(6-8-20)17-11-13-3-4-13/h10,12-14,17H,2-9,11H2,1H3. The Morgan fingerprint density at radius 3 is 2.76 bits per heavy atom. The number of hydrogen-bond acceptors (Lipinski definition) is 5. The number of aromatic nitrogens is 2. The molecule has 1 saturated carbocycles.